The maximum Gasteiger partial charge on any atom is 0.255 e. The number of nitrogens with zero attached hydrogens (tertiary/aromatic N) is 2. The van der Waals surface area contributed by atoms with E-state index >= 15 is 0 Å². The monoisotopic (exact) mass is 449 g/mol. The number of piperidine rings is 1. The van der Waals surface area contributed by atoms with Crippen LogP contribution < -0.4 is 5.32 Å². The summed E-state index contributed by atoms with van der Waals surface area (Å²) < 4.78 is 5.42. The topological polar surface area (TPSA) is 61.9 Å². The Kier molecular flexibility index (Phi) is 7.46. The summed E-state index contributed by atoms with van der Waals surface area (Å²) in [5, 5.41) is 3.03. The van der Waals surface area contributed by atoms with Crippen LogP contribution in [0.5, 0.6) is 0 Å². The summed E-state index contributed by atoms with van der Waals surface area (Å²) in [7, 11) is 0. The van der Waals surface area contributed by atoms with Crippen LogP contribution in [0.15, 0.2) is 42.5 Å². The molecule has 2 heterocycles. The summed E-state index contributed by atoms with van der Waals surface area (Å²) in [5.41, 5.74) is 3.97. The van der Waals surface area contributed by atoms with Crippen molar-refractivity contribution in [3.8, 4) is 0 Å². The first-order valence-corrected chi connectivity index (χ1v) is 12.0. The van der Waals surface area contributed by atoms with Crippen molar-refractivity contribution in [3.05, 3.63) is 64.7 Å². The number of ether oxygens (including phenoxy) is 1. The Labute approximate surface area is 196 Å². The fraction of sp³-hybridized carbons (Fsp3) is 0.481. The molecule has 2 saturated heterocycles. The van der Waals surface area contributed by atoms with E-state index < -0.39 is 0 Å². The van der Waals surface area contributed by atoms with Gasteiger partial charge in [-0.1, -0.05) is 32.0 Å². The largest absolute Gasteiger partial charge is 0.379 e. The Morgan fingerprint density at radius 2 is 1.73 bits per heavy atom. The zero-order chi connectivity index (χ0) is 23.4. The first kappa shape index (κ1) is 23.5. The number of hydrogen-bond acceptors (Lipinski definition) is 4. The minimum Gasteiger partial charge on any atom is -0.379 e. The van der Waals surface area contributed by atoms with Gasteiger partial charge in [-0.25, -0.2) is 0 Å². The Morgan fingerprint density at radius 1 is 1.00 bits per heavy atom. The summed E-state index contributed by atoms with van der Waals surface area (Å²) in [4.78, 5) is 30.5. The molecule has 0 spiro atoms. The third kappa shape index (κ3) is 6.01. The highest BCUT2D eigenvalue weighted by Crippen LogP contribution is 2.25. The lowest BCUT2D eigenvalue weighted by atomic mass is 9.91. The van der Waals surface area contributed by atoms with Gasteiger partial charge in [-0.3, -0.25) is 14.5 Å². The fourth-order valence-corrected chi connectivity index (χ4v) is 4.92. The maximum atomic E-state index is 13.1. The van der Waals surface area contributed by atoms with Gasteiger partial charge < -0.3 is 15.0 Å². The molecule has 4 rings (SSSR count). The van der Waals surface area contributed by atoms with Crippen LogP contribution in [0.1, 0.15) is 52.1 Å². The number of hydrogen-bond donors (Lipinski definition) is 1. The van der Waals surface area contributed by atoms with E-state index in [9.17, 15) is 9.59 Å². The number of benzene rings is 2. The SMILES string of the molecule is Cc1ccc(C(=O)N2CC(C)CC(C)C2)cc1NC(=O)c1cccc(CN2CCOCC2)c1. The third-order valence-electron chi connectivity index (χ3n) is 6.59. The van der Waals surface area contributed by atoms with Crippen molar-refractivity contribution in [1.29, 1.82) is 0 Å². The number of nitrogens with one attached hydrogen (secondary N) is 1. The summed E-state index contributed by atoms with van der Waals surface area (Å²) in [6, 6.07) is 13.4. The first-order valence-electron chi connectivity index (χ1n) is 12.0. The standard InChI is InChI=1S/C27H35N3O3/c1-19-13-20(2)17-30(16-19)27(32)24-8-7-21(3)25(15-24)28-26(31)23-6-4-5-22(14-23)18-29-9-11-33-12-10-29/h4-8,14-15,19-20H,9-13,16-18H2,1-3H3,(H,28,31). The van der Waals surface area contributed by atoms with Crippen LogP contribution in [0, 0.1) is 18.8 Å². The van der Waals surface area contributed by atoms with E-state index in [1.807, 2.05) is 48.2 Å². The predicted octanol–water partition coefficient (Wildman–Crippen LogP) is 4.20. The molecule has 0 radical (unpaired) electrons. The van der Waals surface area contributed by atoms with E-state index in [4.69, 9.17) is 4.74 Å². The maximum absolute atomic E-state index is 13.1. The predicted molar refractivity (Wildman–Crippen MR) is 131 cm³/mol. The van der Waals surface area contributed by atoms with Gasteiger partial charge in [0.15, 0.2) is 0 Å². The van der Waals surface area contributed by atoms with Gasteiger partial charge in [0.2, 0.25) is 0 Å². The van der Waals surface area contributed by atoms with E-state index in [-0.39, 0.29) is 11.8 Å². The number of amides is 2. The van der Waals surface area contributed by atoms with Gasteiger partial charge in [-0.2, -0.15) is 0 Å². The van der Waals surface area contributed by atoms with Crippen LogP contribution in [0.3, 0.4) is 0 Å². The number of anilines is 1. The highest BCUT2D eigenvalue weighted by molar-refractivity contribution is 6.05. The van der Waals surface area contributed by atoms with Gasteiger partial charge in [-0.05, 0) is 60.6 Å². The number of aryl methyl sites for hydroxylation is 1. The molecule has 0 aliphatic carbocycles. The van der Waals surface area contributed by atoms with E-state index in [0.717, 1.165) is 63.5 Å². The van der Waals surface area contributed by atoms with Crippen LogP contribution >= 0.6 is 0 Å². The summed E-state index contributed by atoms with van der Waals surface area (Å²) in [6.07, 6.45) is 1.16. The first-order chi connectivity index (χ1) is 15.9. The summed E-state index contributed by atoms with van der Waals surface area (Å²) in [6.45, 7) is 12.0. The van der Waals surface area contributed by atoms with E-state index in [2.05, 4.69) is 30.1 Å². The lowest BCUT2D eigenvalue weighted by Gasteiger charge is -2.35. The minimum absolute atomic E-state index is 0.0383. The van der Waals surface area contributed by atoms with Gasteiger partial charge >= 0.3 is 0 Å². The lowest BCUT2D eigenvalue weighted by molar-refractivity contribution is 0.0342. The molecule has 1 N–H and O–H groups in total. The highest BCUT2D eigenvalue weighted by atomic mass is 16.5. The second-order valence-corrected chi connectivity index (χ2v) is 9.73. The Bertz CT molecular complexity index is 990. The zero-order valence-electron chi connectivity index (χ0n) is 20.0. The lowest BCUT2D eigenvalue weighted by Crippen LogP contribution is -2.42. The van der Waals surface area contributed by atoms with Gasteiger partial charge in [-0.15, -0.1) is 0 Å². The quantitative estimate of drug-likeness (QED) is 0.743. The minimum atomic E-state index is -0.160. The number of carbonyl (C=O) groups is 2. The molecular formula is C27H35N3O3. The van der Waals surface area contributed by atoms with Gasteiger partial charge in [0, 0.05) is 49.5 Å². The van der Waals surface area contributed by atoms with Crippen LogP contribution in [-0.2, 0) is 11.3 Å². The van der Waals surface area contributed by atoms with E-state index in [0.29, 0.717) is 28.7 Å². The van der Waals surface area contributed by atoms with Gasteiger partial charge in [0.1, 0.15) is 0 Å². The second-order valence-electron chi connectivity index (χ2n) is 9.73. The molecule has 6 heteroatoms. The van der Waals surface area contributed by atoms with Crippen LogP contribution in [0.25, 0.3) is 0 Å². The molecule has 176 valence electrons. The number of morpholine rings is 1. The van der Waals surface area contributed by atoms with Crippen molar-refractivity contribution in [3.63, 3.8) is 0 Å². The molecule has 2 aliphatic rings. The third-order valence-corrected chi connectivity index (χ3v) is 6.59. The number of rotatable bonds is 5. The van der Waals surface area contributed by atoms with Crippen molar-refractivity contribution < 1.29 is 14.3 Å². The molecule has 2 fully saturated rings. The van der Waals surface area contributed by atoms with Crippen molar-refractivity contribution in [1.82, 2.24) is 9.80 Å². The molecule has 2 unspecified atom stereocenters. The van der Waals surface area contributed by atoms with Gasteiger partial charge in [0.25, 0.3) is 11.8 Å². The van der Waals surface area contributed by atoms with Crippen LogP contribution in [0.2, 0.25) is 0 Å². The zero-order valence-corrected chi connectivity index (χ0v) is 20.0. The van der Waals surface area contributed by atoms with Crippen LogP contribution in [-0.4, -0.2) is 61.0 Å². The molecule has 2 aromatic carbocycles. The second kappa shape index (κ2) is 10.5. The molecule has 0 aromatic heterocycles. The molecular weight excluding hydrogens is 414 g/mol. The Balaban J connectivity index is 1.46. The Hall–Kier alpha value is -2.70. The molecule has 0 bridgehead atoms. The van der Waals surface area contributed by atoms with Crippen molar-refractivity contribution >= 4 is 17.5 Å². The molecule has 33 heavy (non-hydrogen) atoms. The molecule has 2 aliphatic heterocycles. The average molecular weight is 450 g/mol. The molecule has 2 amide bonds. The summed E-state index contributed by atoms with van der Waals surface area (Å²) in [5.74, 6) is 0.891. The van der Waals surface area contributed by atoms with Crippen molar-refractivity contribution in [2.45, 2.75) is 33.7 Å². The highest BCUT2D eigenvalue weighted by Gasteiger charge is 2.26. The van der Waals surface area contributed by atoms with Crippen molar-refractivity contribution in [2.24, 2.45) is 11.8 Å². The van der Waals surface area contributed by atoms with Crippen molar-refractivity contribution in [2.75, 3.05) is 44.7 Å². The average Bonchev–Trinajstić information content (AvgIpc) is 2.80. The molecule has 2 atom stereocenters. The number of carbonyl (C=O) groups excluding carboxylic acids is 2. The van der Waals surface area contributed by atoms with E-state index in [1.54, 1.807) is 0 Å². The molecule has 0 saturated carbocycles. The molecule has 6 nitrogen and oxygen atoms in total. The van der Waals surface area contributed by atoms with Gasteiger partial charge in [0.05, 0.1) is 13.2 Å². The van der Waals surface area contributed by atoms with Crippen LogP contribution in [0.4, 0.5) is 5.69 Å². The number of likely N-dealkylation sites (tertiary alicyclic amines) is 1. The molecule has 2 aromatic rings. The smallest absolute Gasteiger partial charge is 0.255 e. The normalized spacial score (nSPS) is 21.6. The fourth-order valence-electron chi connectivity index (χ4n) is 4.92. The van der Waals surface area contributed by atoms with E-state index in [1.165, 1.54) is 0 Å². The summed E-state index contributed by atoms with van der Waals surface area (Å²) >= 11 is 0. The Morgan fingerprint density at radius 3 is 2.45 bits per heavy atom.